The molecule has 1 saturated carbocycles. The summed E-state index contributed by atoms with van der Waals surface area (Å²) >= 11 is 0. The predicted molar refractivity (Wildman–Crippen MR) is 90.2 cm³/mol. The van der Waals surface area contributed by atoms with Gasteiger partial charge in [-0.3, -0.25) is 0 Å². The van der Waals surface area contributed by atoms with Crippen molar-refractivity contribution in [3.8, 4) is 0 Å². The van der Waals surface area contributed by atoms with Crippen LogP contribution >= 0.6 is 0 Å². The van der Waals surface area contributed by atoms with E-state index in [4.69, 9.17) is 4.74 Å². The summed E-state index contributed by atoms with van der Waals surface area (Å²) in [5.74, 6) is 0.755. The third-order valence-corrected chi connectivity index (χ3v) is 4.56. The van der Waals surface area contributed by atoms with Crippen molar-refractivity contribution in [2.45, 2.75) is 44.4 Å². The molecule has 2 fully saturated rings. The summed E-state index contributed by atoms with van der Waals surface area (Å²) in [5, 5.41) is 4.47. The monoisotopic (exact) mass is 301 g/mol. The van der Waals surface area contributed by atoms with Crippen LogP contribution in [0.15, 0.2) is 24.5 Å². The zero-order valence-corrected chi connectivity index (χ0v) is 13.3. The first-order valence-corrected chi connectivity index (χ1v) is 8.65. The van der Waals surface area contributed by atoms with Gasteiger partial charge < -0.3 is 15.0 Å². The summed E-state index contributed by atoms with van der Waals surface area (Å²) in [4.78, 5) is 7.60. The number of aromatic nitrogens is 2. The first kappa shape index (κ1) is 15.5. The SMILES string of the molecule is C1CNCCOC1.c1cc2cc(C3CCCCC3)cnc2[nH]1. The number of fused-ring (bicyclic) bond motifs is 1. The highest BCUT2D eigenvalue weighted by Crippen LogP contribution is 2.33. The molecule has 4 rings (SSSR count). The zero-order chi connectivity index (χ0) is 15.0. The van der Waals surface area contributed by atoms with E-state index in [1.807, 2.05) is 6.20 Å². The quantitative estimate of drug-likeness (QED) is 0.846. The normalized spacial score (nSPS) is 20.2. The minimum absolute atomic E-state index is 0.755. The highest BCUT2D eigenvalue weighted by Gasteiger charge is 2.16. The Morgan fingerprint density at radius 3 is 2.86 bits per heavy atom. The van der Waals surface area contributed by atoms with Crippen molar-refractivity contribution in [1.82, 2.24) is 15.3 Å². The molecule has 1 aliphatic heterocycles. The highest BCUT2D eigenvalue weighted by molar-refractivity contribution is 5.75. The average molecular weight is 301 g/mol. The minimum atomic E-state index is 0.755. The van der Waals surface area contributed by atoms with Gasteiger partial charge in [-0.05, 0) is 49.4 Å². The summed E-state index contributed by atoms with van der Waals surface area (Å²) in [6, 6.07) is 4.41. The van der Waals surface area contributed by atoms with Crippen LogP contribution in [0.2, 0.25) is 0 Å². The molecule has 120 valence electrons. The van der Waals surface area contributed by atoms with Crippen molar-refractivity contribution in [3.63, 3.8) is 0 Å². The number of hydrogen-bond donors (Lipinski definition) is 2. The van der Waals surface area contributed by atoms with Crippen molar-refractivity contribution in [1.29, 1.82) is 0 Å². The van der Waals surface area contributed by atoms with Crippen molar-refractivity contribution in [2.75, 3.05) is 26.3 Å². The summed E-state index contributed by atoms with van der Waals surface area (Å²) in [6.07, 6.45) is 12.0. The fourth-order valence-corrected chi connectivity index (χ4v) is 3.29. The number of aromatic amines is 1. The Labute approximate surface area is 132 Å². The molecule has 4 heteroatoms. The maximum Gasteiger partial charge on any atom is 0.137 e. The zero-order valence-electron chi connectivity index (χ0n) is 13.3. The smallest absolute Gasteiger partial charge is 0.137 e. The Morgan fingerprint density at radius 2 is 1.95 bits per heavy atom. The molecule has 0 amide bonds. The average Bonchev–Trinajstić information content (AvgIpc) is 2.84. The van der Waals surface area contributed by atoms with Crippen molar-refractivity contribution in [2.24, 2.45) is 0 Å². The van der Waals surface area contributed by atoms with Gasteiger partial charge in [-0.1, -0.05) is 19.3 Å². The Kier molecular flexibility index (Phi) is 5.85. The van der Waals surface area contributed by atoms with Gasteiger partial charge in [-0.2, -0.15) is 0 Å². The van der Waals surface area contributed by atoms with E-state index in [1.54, 1.807) is 0 Å². The van der Waals surface area contributed by atoms with Gasteiger partial charge in [0, 0.05) is 30.9 Å². The van der Waals surface area contributed by atoms with E-state index in [-0.39, 0.29) is 0 Å². The molecular weight excluding hydrogens is 274 g/mol. The van der Waals surface area contributed by atoms with Crippen LogP contribution in [0.25, 0.3) is 11.0 Å². The molecule has 1 aliphatic carbocycles. The van der Waals surface area contributed by atoms with Gasteiger partial charge in [0.15, 0.2) is 0 Å². The number of hydrogen-bond acceptors (Lipinski definition) is 3. The molecule has 4 nitrogen and oxygen atoms in total. The summed E-state index contributed by atoms with van der Waals surface area (Å²) < 4.78 is 5.13. The van der Waals surface area contributed by atoms with Gasteiger partial charge in [-0.25, -0.2) is 4.98 Å². The lowest BCUT2D eigenvalue weighted by Gasteiger charge is -2.21. The van der Waals surface area contributed by atoms with E-state index in [0.29, 0.717) is 0 Å². The molecule has 0 aromatic carbocycles. The molecule has 2 aliphatic rings. The molecule has 0 radical (unpaired) electrons. The van der Waals surface area contributed by atoms with Crippen LogP contribution in [0.1, 0.15) is 50.0 Å². The van der Waals surface area contributed by atoms with Gasteiger partial charge in [0.1, 0.15) is 5.65 Å². The predicted octanol–water partition coefficient (Wildman–Crippen LogP) is 3.61. The number of rotatable bonds is 1. The fraction of sp³-hybridized carbons (Fsp3) is 0.611. The van der Waals surface area contributed by atoms with E-state index in [9.17, 15) is 0 Å². The molecule has 2 N–H and O–H groups in total. The van der Waals surface area contributed by atoms with Crippen molar-refractivity contribution in [3.05, 3.63) is 30.1 Å². The summed E-state index contributed by atoms with van der Waals surface area (Å²) in [7, 11) is 0. The molecule has 2 aromatic heterocycles. The number of H-pyrrole nitrogens is 1. The molecule has 22 heavy (non-hydrogen) atoms. The van der Waals surface area contributed by atoms with Gasteiger partial charge >= 0.3 is 0 Å². The summed E-state index contributed by atoms with van der Waals surface area (Å²) in [6.45, 7) is 3.98. The first-order chi connectivity index (χ1) is 10.9. The second-order valence-electron chi connectivity index (χ2n) is 6.24. The molecule has 0 bridgehead atoms. The lowest BCUT2D eigenvalue weighted by Crippen LogP contribution is -2.15. The van der Waals surface area contributed by atoms with Gasteiger partial charge in [0.05, 0.1) is 6.61 Å². The van der Waals surface area contributed by atoms with E-state index >= 15 is 0 Å². The second kappa shape index (κ2) is 8.30. The lowest BCUT2D eigenvalue weighted by molar-refractivity contribution is 0.151. The van der Waals surface area contributed by atoms with Crippen molar-refractivity contribution >= 4 is 11.0 Å². The number of ether oxygens (including phenoxy) is 1. The van der Waals surface area contributed by atoms with Crippen LogP contribution in [0.4, 0.5) is 0 Å². The maximum atomic E-state index is 5.13. The van der Waals surface area contributed by atoms with Gasteiger partial charge in [0.2, 0.25) is 0 Å². The van der Waals surface area contributed by atoms with E-state index in [0.717, 1.165) is 37.9 Å². The molecule has 3 heterocycles. The fourth-order valence-electron chi connectivity index (χ4n) is 3.29. The van der Waals surface area contributed by atoms with Crippen LogP contribution in [0.3, 0.4) is 0 Å². The third kappa shape index (κ3) is 4.31. The highest BCUT2D eigenvalue weighted by atomic mass is 16.5. The second-order valence-corrected chi connectivity index (χ2v) is 6.24. The Morgan fingerprint density at radius 1 is 1.05 bits per heavy atom. The molecule has 0 atom stereocenters. The van der Waals surface area contributed by atoms with E-state index < -0.39 is 0 Å². The number of pyridine rings is 1. The standard InChI is InChI=1S/C13H16N2.C5H11NO/c1-2-4-10(5-3-1)12-8-11-6-7-14-13(11)15-9-12;1-2-6-3-5-7-4-1/h6-10H,1-5H2,(H,14,15);6H,1-5H2. The van der Waals surface area contributed by atoms with Crippen LogP contribution < -0.4 is 5.32 Å². The van der Waals surface area contributed by atoms with E-state index in [1.165, 1.54) is 49.5 Å². The van der Waals surface area contributed by atoms with Gasteiger partial charge in [0.25, 0.3) is 0 Å². The van der Waals surface area contributed by atoms with Crippen molar-refractivity contribution < 1.29 is 4.74 Å². The van der Waals surface area contributed by atoms with Crippen LogP contribution in [-0.2, 0) is 4.74 Å². The third-order valence-electron chi connectivity index (χ3n) is 4.56. The van der Waals surface area contributed by atoms with E-state index in [2.05, 4.69) is 33.6 Å². The Bertz CT molecular complexity index is 541. The van der Waals surface area contributed by atoms with Crippen LogP contribution in [0, 0.1) is 0 Å². The van der Waals surface area contributed by atoms with Crippen LogP contribution in [0.5, 0.6) is 0 Å². The van der Waals surface area contributed by atoms with Crippen LogP contribution in [-0.4, -0.2) is 36.3 Å². The lowest BCUT2D eigenvalue weighted by atomic mass is 9.85. The molecule has 0 spiro atoms. The number of nitrogens with one attached hydrogen (secondary N) is 2. The first-order valence-electron chi connectivity index (χ1n) is 8.65. The topological polar surface area (TPSA) is 49.9 Å². The summed E-state index contributed by atoms with van der Waals surface area (Å²) in [5.41, 5.74) is 2.44. The molecule has 1 saturated heterocycles. The minimum Gasteiger partial charge on any atom is -0.380 e. The largest absolute Gasteiger partial charge is 0.380 e. The number of nitrogens with zero attached hydrogens (tertiary/aromatic N) is 1. The molecular formula is C18H27N3O. The Balaban J connectivity index is 0.000000174. The molecule has 0 unspecified atom stereocenters. The maximum absolute atomic E-state index is 5.13. The van der Waals surface area contributed by atoms with Gasteiger partial charge in [-0.15, -0.1) is 0 Å². The molecule has 2 aromatic rings. The Hall–Kier alpha value is -1.39.